The molecule has 3 N–H and O–H groups in total. The Kier molecular flexibility index (Phi) is 22.1. The summed E-state index contributed by atoms with van der Waals surface area (Å²) < 4.78 is 8.29. The lowest BCUT2D eigenvalue weighted by atomic mass is 9.85. The van der Waals surface area contributed by atoms with Crippen LogP contribution in [0, 0.1) is 0 Å². The Morgan fingerprint density at radius 1 is 0.423 bits per heavy atom. The quantitative estimate of drug-likeness (QED) is 0.141. The molecular weight excluding hydrogens is 1220 g/mol. The first-order valence-electron chi connectivity index (χ1n) is 34.4. The number of benzene rings is 7. The maximum absolute atomic E-state index is 5.73. The van der Waals surface area contributed by atoms with E-state index in [-0.39, 0.29) is 37.9 Å². The number of aromatic amines is 2. The Bertz CT molecular complexity index is 4290. The summed E-state index contributed by atoms with van der Waals surface area (Å²) in [5.74, 6) is 1.05. The van der Waals surface area contributed by atoms with Crippen molar-refractivity contribution in [3.8, 4) is 11.1 Å². The summed E-state index contributed by atoms with van der Waals surface area (Å²) in [5, 5.41) is 8.27. The van der Waals surface area contributed by atoms with E-state index in [1.54, 1.807) is 22.7 Å². The second kappa shape index (κ2) is 29.4. The summed E-state index contributed by atoms with van der Waals surface area (Å²) in [6.07, 6.45) is 5.08. The molecule has 0 saturated heterocycles. The third-order valence-corrected chi connectivity index (χ3v) is 19.7. The molecule has 15 rings (SSSR count). The first-order chi connectivity index (χ1) is 45.4. The highest BCUT2D eigenvalue weighted by atomic mass is 32.1. The maximum atomic E-state index is 5.73. The van der Waals surface area contributed by atoms with Crippen LogP contribution in [0.5, 0.6) is 0 Å². The average Bonchev–Trinajstić information content (AvgIpc) is 1.65. The molecular formula is C88H106N6OS2. The van der Waals surface area contributed by atoms with Crippen LogP contribution in [0.25, 0.3) is 64.5 Å². The molecule has 0 unspecified atom stereocenters. The zero-order valence-electron chi connectivity index (χ0n) is 61.9. The number of fused-ring (bicyclic) bond motifs is 9. The number of aromatic nitrogens is 5. The van der Waals surface area contributed by atoms with Gasteiger partial charge in [-0.1, -0.05) is 261 Å². The predicted octanol–water partition coefficient (Wildman–Crippen LogP) is 25.7. The van der Waals surface area contributed by atoms with Crippen LogP contribution in [0.2, 0.25) is 0 Å². The molecule has 0 radical (unpaired) electrons. The average molecular weight is 1330 g/mol. The lowest BCUT2D eigenvalue weighted by molar-refractivity contribution is 0.430. The SMILES string of the molecule is C=C1CCc2ccc(C(C)(C)C)cc2N1.CC(C)(C)c1cc2ccccc2[nH]1.CC(C)(C)c1cc2ccccc2o1.CC(C)(C)c1cc2cccnc2[nH]1.CC(C)(C)c1ccc2c(c1)Cc1ccccc1-2.CC(C)(C)c1ccc2scnc2c1.CC(C)(C)c1nc2ccccc2s1. The van der Waals surface area contributed by atoms with E-state index >= 15 is 0 Å². The highest BCUT2D eigenvalue weighted by Crippen LogP contribution is 2.40. The summed E-state index contributed by atoms with van der Waals surface area (Å²) >= 11 is 3.49. The smallest absolute Gasteiger partial charge is 0.137 e. The van der Waals surface area contributed by atoms with Crippen molar-refractivity contribution < 1.29 is 4.42 Å². The Morgan fingerprint density at radius 2 is 1.00 bits per heavy atom. The van der Waals surface area contributed by atoms with Crippen molar-refractivity contribution in [2.45, 2.75) is 203 Å². The molecule has 2 aliphatic rings. The summed E-state index contributed by atoms with van der Waals surface area (Å²) in [6, 6.07) is 64.3. The molecule has 0 fully saturated rings. The molecule has 6 aromatic heterocycles. The van der Waals surface area contributed by atoms with Crippen LogP contribution in [-0.2, 0) is 50.7 Å². The van der Waals surface area contributed by atoms with Crippen molar-refractivity contribution >= 4 is 81.7 Å². The van der Waals surface area contributed by atoms with Gasteiger partial charge in [-0.2, -0.15) is 0 Å². The van der Waals surface area contributed by atoms with Crippen molar-refractivity contribution in [3.05, 3.63) is 262 Å². The molecule has 97 heavy (non-hydrogen) atoms. The van der Waals surface area contributed by atoms with Crippen LogP contribution in [-0.4, -0.2) is 24.9 Å². The van der Waals surface area contributed by atoms with E-state index in [4.69, 9.17) is 4.42 Å². The number of nitrogens with zero attached hydrogens (tertiary/aromatic N) is 3. The third-order valence-electron chi connectivity index (χ3n) is 17.5. The van der Waals surface area contributed by atoms with Crippen LogP contribution in [0.15, 0.2) is 210 Å². The molecule has 9 heteroatoms. The molecule has 0 saturated carbocycles. The second-order valence-corrected chi connectivity index (χ2v) is 35.0. The summed E-state index contributed by atoms with van der Waals surface area (Å²) in [5.41, 5.74) is 24.9. The van der Waals surface area contributed by atoms with Gasteiger partial charge in [-0.25, -0.2) is 15.0 Å². The van der Waals surface area contributed by atoms with Crippen molar-refractivity contribution in [3.63, 3.8) is 0 Å². The standard InChI is InChI=1S/C17H18.C14H19N.C12H15N.C12H14O.C11H14N2.2C11H13NS/c1-17(2,3)14-8-9-16-13(11-14)10-12-6-4-5-7-15(12)16;1-10-5-6-11-7-8-12(14(2,3)4)9-13(11)15-10;2*1-12(2,3)11-8-9-6-4-5-7-10(9)13-11;1-11(2,3)9-7-8-5-4-6-12-10(8)13-9;1-11(2,3)8-4-5-10-9(6-8)12-7-13-10;1-11(2,3)10-12-8-6-4-5-7-9(8)13-10/h4-9,11H,10H2,1-3H3;7-9,15H,1,5-6H2,2-4H3;4-8,13H,1-3H3;4-8H,1-3H3;4-7H,1-3H3,(H,12,13);2*4-7H,1-3H3. The lowest BCUT2D eigenvalue weighted by Gasteiger charge is -2.25. The molecule has 7 heterocycles. The van der Waals surface area contributed by atoms with Crippen LogP contribution < -0.4 is 5.32 Å². The van der Waals surface area contributed by atoms with E-state index in [0.29, 0.717) is 0 Å². The van der Waals surface area contributed by atoms with E-state index < -0.39 is 0 Å². The van der Waals surface area contributed by atoms with Gasteiger partial charge < -0.3 is 19.7 Å². The van der Waals surface area contributed by atoms with E-state index in [1.807, 2.05) is 42.0 Å². The molecule has 7 aromatic carbocycles. The molecule has 506 valence electrons. The largest absolute Gasteiger partial charge is 0.461 e. The number of aryl methyl sites for hydroxylation is 1. The highest BCUT2D eigenvalue weighted by Gasteiger charge is 2.24. The van der Waals surface area contributed by atoms with E-state index in [0.717, 1.165) is 53.0 Å². The summed E-state index contributed by atoms with van der Waals surface area (Å²) in [4.78, 5) is 19.9. The van der Waals surface area contributed by atoms with Crippen LogP contribution in [0.3, 0.4) is 0 Å². The van der Waals surface area contributed by atoms with Gasteiger partial charge >= 0.3 is 0 Å². The fourth-order valence-electron chi connectivity index (χ4n) is 11.2. The number of pyridine rings is 1. The minimum Gasteiger partial charge on any atom is -0.461 e. The third kappa shape index (κ3) is 19.3. The van der Waals surface area contributed by atoms with Crippen LogP contribution >= 0.6 is 22.7 Å². The Hall–Kier alpha value is -8.37. The Balaban J connectivity index is 0.000000133. The van der Waals surface area contributed by atoms with Crippen molar-refractivity contribution in [1.29, 1.82) is 0 Å². The van der Waals surface area contributed by atoms with Crippen molar-refractivity contribution in [2.24, 2.45) is 0 Å². The number of furan rings is 1. The molecule has 0 spiro atoms. The molecule has 0 bridgehead atoms. The van der Waals surface area contributed by atoms with Gasteiger partial charge in [0.25, 0.3) is 0 Å². The van der Waals surface area contributed by atoms with E-state index in [2.05, 4.69) is 334 Å². The van der Waals surface area contributed by atoms with Gasteiger partial charge in [0.2, 0.25) is 0 Å². The molecule has 1 aliphatic carbocycles. The predicted molar refractivity (Wildman–Crippen MR) is 423 cm³/mol. The monoisotopic (exact) mass is 1330 g/mol. The second-order valence-electron chi connectivity index (χ2n) is 33.1. The molecule has 7 nitrogen and oxygen atoms in total. The van der Waals surface area contributed by atoms with E-state index in [1.165, 1.54) is 97.7 Å². The van der Waals surface area contributed by atoms with Crippen molar-refractivity contribution in [1.82, 2.24) is 24.9 Å². The fraction of sp³-hybridized carbons (Fsp3) is 0.352. The van der Waals surface area contributed by atoms with Crippen LogP contribution in [0.1, 0.15) is 207 Å². The molecule has 0 amide bonds. The number of anilines is 1. The number of rotatable bonds is 0. The minimum absolute atomic E-state index is 0.0962. The maximum Gasteiger partial charge on any atom is 0.137 e. The molecule has 0 atom stereocenters. The number of para-hydroxylation sites is 3. The van der Waals surface area contributed by atoms with Crippen molar-refractivity contribution in [2.75, 3.05) is 5.32 Å². The van der Waals surface area contributed by atoms with Gasteiger partial charge in [0, 0.05) is 66.9 Å². The Morgan fingerprint density at radius 3 is 1.65 bits per heavy atom. The van der Waals surface area contributed by atoms with Gasteiger partial charge in [-0.05, 0) is 158 Å². The Labute approximate surface area is 587 Å². The van der Waals surface area contributed by atoms with Gasteiger partial charge in [0.05, 0.1) is 31.0 Å². The molecule has 1 aliphatic heterocycles. The van der Waals surface area contributed by atoms with Gasteiger partial charge in [-0.3, -0.25) is 0 Å². The number of hydrogen-bond acceptors (Lipinski definition) is 7. The first-order valence-corrected chi connectivity index (χ1v) is 36.1. The molecule has 13 aromatic rings. The zero-order valence-corrected chi connectivity index (χ0v) is 63.5. The van der Waals surface area contributed by atoms with Gasteiger partial charge in [0.1, 0.15) is 17.0 Å². The van der Waals surface area contributed by atoms with Gasteiger partial charge in [0.15, 0.2) is 0 Å². The minimum atomic E-state index is 0.0962. The zero-order chi connectivity index (χ0) is 70.5. The summed E-state index contributed by atoms with van der Waals surface area (Å²) in [7, 11) is 0. The van der Waals surface area contributed by atoms with Gasteiger partial charge in [-0.15, -0.1) is 22.7 Å². The highest BCUT2D eigenvalue weighted by molar-refractivity contribution is 7.18. The number of hydrogen-bond donors (Lipinski definition) is 3. The lowest BCUT2D eigenvalue weighted by Crippen LogP contribution is -2.14. The van der Waals surface area contributed by atoms with Crippen LogP contribution in [0.4, 0.5) is 5.69 Å². The number of allylic oxidation sites excluding steroid dienone is 1. The van der Waals surface area contributed by atoms with E-state index in [9.17, 15) is 0 Å². The number of H-pyrrole nitrogens is 2. The number of thiazole rings is 2. The topological polar surface area (TPSA) is 95.4 Å². The summed E-state index contributed by atoms with van der Waals surface area (Å²) in [6.45, 7) is 50.5. The normalized spacial score (nSPS) is 13.0. The first kappa shape index (κ1) is 72.9. The number of nitrogens with one attached hydrogen (secondary N) is 3. The fourth-order valence-corrected chi connectivity index (χ4v) is 12.9.